The molecule has 0 amide bonds. The summed E-state index contributed by atoms with van der Waals surface area (Å²) in [6, 6.07) is 6.48. The zero-order valence-electron chi connectivity index (χ0n) is 10.4. The molecule has 1 aliphatic rings. The van der Waals surface area contributed by atoms with Crippen molar-refractivity contribution in [3.8, 4) is 5.75 Å². The van der Waals surface area contributed by atoms with E-state index < -0.39 is 6.36 Å². The highest BCUT2D eigenvalue weighted by molar-refractivity contribution is 9.09. The average molecular weight is 337 g/mol. The molecule has 1 aromatic carbocycles. The molecule has 1 saturated carbocycles. The molecule has 2 atom stereocenters. The summed E-state index contributed by atoms with van der Waals surface area (Å²) in [6.07, 6.45) is 0.560. The van der Waals surface area contributed by atoms with Crippen LogP contribution in [0.4, 0.5) is 13.2 Å². The van der Waals surface area contributed by atoms with Crippen LogP contribution < -0.4 is 4.74 Å². The number of para-hydroxylation sites is 1. The van der Waals surface area contributed by atoms with Gasteiger partial charge in [-0.05, 0) is 24.5 Å². The Bertz CT molecular complexity index is 419. The molecule has 0 N–H and O–H groups in total. The minimum absolute atomic E-state index is 0.0636. The number of ether oxygens (including phenoxy) is 1. The molecule has 0 radical (unpaired) electrons. The Kier molecular flexibility index (Phi) is 4.76. The lowest BCUT2D eigenvalue weighted by atomic mass is 9.91. The van der Waals surface area contributed by atoms with Crippen LogP contribution in [-0.2, 0) is 0 Å². The lowest BCUT2D eigenvalue weighted by molar-refractivity contribution is -0.275. The van der Waals surface area contributed by atoms with Gasteiger partial charge >= 0.3 is 6.36 Å². The lowest BCUT2D eigenvalue weighted by Gasteiger charge is -2.23. The van der Waals surface area contributed by atoms with Crippen LogP contribution in [0, 0.1) is 0 Å². The molecule has 0 heterocycles. The van der Waals surface area contributed by atoms with Crippen molar-refractivity contribution in [3.63, 3.8) is 0 Å². The molecule has 5 heteroatoms. The van der Waals surface area contributed by atoms with Crippen LogP contribution in [0.15, 0.2) is 24.3 Å². The van der Waals surface area contributed by atoms with E-state index in [4.69, 9.17) is 0 Å². The normalized spacial score (nSPS) is 24.8. The van der Waals surface area contributed by atoms with Gasteiger partial charge in [-0.3, -0.25) is 0 Å². The molecule has 2 rings (SSSR count). The quantitative estimate of drug-likeness (QED) is 0.519. The van der Waals surface area contributed by atoms with Crippen LogP contribution in [0.1, 0.15) is 43.6 Å². The topological polar surface area (TPSA) is 9.23 Å². The van der Waals surface area contributed by atoms with Gasteiger partial charge in [0.2, 0.25) is 0 Å². The van der Waals surface area contributed by atoms with E-state index in [1.807, 2.05) is 0 Å². The number of alkyl halides is 4. The summed E-state index contributed by atoms with van der Waals surface area (Å²) in [6.45, 7) is 0. The monoisotopic (exact) mass is 336 g/mol. The van der Waals surface area contributed by atoms with E-state index in [0.717, 1.165) is 32.1 Å². The van der Waals surface area contributed by atoms with Gasteiger partial charge in [0, 0.05) is 10.7 Å². The van der Waals surface area contributed by atoms with Crippen molar-refractivity contribution in [2.45, 2.75) is 49.2 Å². The first-order chi connectivity index (χ1) is 8.97. The Morgan fingerprint density at radius 1 is 1.05 bits per heavy atom. The molecule has 1 nitrogen and oxygen atoms in total. The molecule has 0 bridgehead atoms. The predicted octanol–water partition coefficient (Wildman–Crippen LogP) is 5.40. The van der Waals surface area contributed by atoms with Crippen LogP contribution >= 0.6 is 15.9 Å². The van der Waals surface area contributed by atoms with E-state index in [2.05, 4.69) is 20.7 Å². The molecule has 0 aliphatic heterocycles. The molecular formula is C14H16BrF3O. The van der Waals surface area contributed by atoms with Crippen molar-refractivity contribution in [2.75, 3.05) is 0 Å². The van der Waals surface area contributed by atoms with Crippen molar-refractivity contribution in [1.82, 2.24) is 0 Å². The van der Waals surface area contributed by atoms with Crippen molar-refractivity contribution in [1.29, 1.82) is 0 Å². The lowest BCUT2D eigenvalue weighted by Crippen LogP contribution is -2.20. The number of rotatable bonds is 2. The summed E-state index contributed by atoms with van der Waals surface area (Å²) >= 11 is 3.62. The maximum absolute atomic E-state index is 12.4. The Hall–Kier alpha value is -0.710. The first kappa shape index (κ1) is 14.7. The van der Waals surface area contributed by atoms with E-state index in [1.165, 1.54) is 6.07 Å². The fourth-order valence-electron chi connectivity index (χ4n) is 2.62. The number of hydrogen-bond donors (Lipinski definition) is 0. The van der Waals surface area contributed by atoms with Crippen LogP contribution in [0.25, 0.3) is 0 Å². The Balaban J connectivity index is 2.27. The fraction of sp³-hybridized carbons (Fsp3) is 0.571. The summed E-state index contributed by atoms with van der Waals surface area (Å²) in [5.74, 6) is 0.0207. The van der Waals surface area contributed by atoms with Gasteiger partial charge in [-0.15, -0.1) is 13.2 Å². The average Bonchev–Trinajstić information content (AvgIpc) is 2.53. The minimum atomic E-state index is -4.64. The number of hydrogen-bond acceptors (Lipinski definition) is 1. The van der Waals surface area contributed by atoms with Crippen LogP contribution in [0.3, 0.4) is 0 Å². The van der Waals surface area contributed by atoms with Gasteiger partial charge < -0.3 is 4.74 Å². The van der Waals surface area contributed by atoms with Crippen LogP contribution in [0.5, 0.6) is 5.75 Å². The molecule has 19 heavy (non-hydrogen) atoms. The second-order valence-electron chi connectivity index (χ2n) is 4.85. The second-order valence-corrected chi connectivity index (χ2v) is 6.02. The van der Waals surface area contributed by atoms with E-state index in [0.29, 0.717) is 5.56 Å². The highest BCUT2D eigenvalue weighted by Gasteiger charge is 2.34. The smallest absolute Gasteiger partial charge is 0.405 e. The summed E-state index contributed by atoms with van der Waals surface area (Å²) in [4.78, 5) is 0.216. The highest BCUT2D eigenvalue weighted by atomic mass is 79.9. The minimum Gasteiger partial charge on any atom is -0.405 e. The molecule has 1 fully saturated rings. The van der Waals surface area contributed by atoms with Gasteiger partial charge in [-0.25, -0.2) is 0 Å². The summed E-state index contributed by atoms with van der Waals surface area (Å²) in [5.41, 5.74) is 0.656. The largest absolute Gasteiger partial charge is 0.573 e. The third-order valence-corrected chi connectivity index (χ3v) is 4.57. The maximum atomic E-state index is 12.4. The van der Waals surface area contributed by atoms with Crippen molar-refractivity contribution < 1.29 is 17.9 Å². The zero-order valence-corrected chi connectivity index (χ0v) is 12.0. The summed E-state index contributed by atoms with van der Waals surface area (Å²) in [5, 5.41) is 0. The van der Waals surface area contributed by atoms with E-state index in [1.54, 1.807) is 18.2 Å². The molecular weight excluding hydrogens is 321 g/mol. The van der Waals surface area contributed by atoms with Crippen molar-refractivity contribution in [2.24, 2.45) is 0 Å². The molecule has 0 spiro atoms. The number of halogens is 4. The molecule has 0 aromatic heterocycles. The van der Waals surface area contributed by atoms with Gasteiger partial charge in [0.25, 0.3) is 0 Å². The molecule has 2 unspecified atom stereocenters. The van der Waals surface area contributed by atoms with Gasteiger partial charge in [0.1, 0.15) is 5.75 Å². The maximum Gasteiger partial charge on any atom is 0.573 e. The fourth-order valence-corrected chi connectivity index (χ4v) is 3.49. The second kappa shape index (κ2) is 6.16. The molecule has 1 aromatic rings. The van der Waals surface area contributed by atoms with E-state index in [9.17, 15) is 13.2 Å². The Morgan fingerprint density at radius 2 is 1.74 bits per heavy atom. The van der Waals surface area contributed by atoms with Gasteiger partial charge in [0.05, 0.1) is 0 Å². The van der Waals surface area contributed by atoms with Gasteiger partial charge in [-0.1, -0.05) is 53.4 Å². The van der Waals surface area contributed by atoms with Crippen molar-refractivity contribution >= 4 is 15.9 Å². The summed E-state index contributed by atoms with van der Waals surface area (Å²) in [7, 11) is 0. The highest BCUT2D eigenvalue weighted by Crippen LogP contribution is 2.41. The predicted molar refractivity (Wildman–Crippen MR) is 71.7 cm³/mol. The standard InChI is InChI=1S/C14H16BrF3O/c15-12-8-3-1-2-6-10(12)11-7-4-5-9-13(11)19-14(16,17)18/h4-5,7,9-10,12H,1-3,6,8H2. The Morgan fingerprint density at radius 3 is 2.47 bits per heavy atom. The SMILES string of the molecule is FC(F)(F)Oc1ccccc1C1CCCCCC1Br. The van der Waals surface area contributed by atoms with E-state index in [-0.39, 0.29) is 16.5 Å². The number of benzene rings is 1. The van der Waals surface area contributed by atoms with Crippen LogP contribution in [-0.4, -0.2) is 11.2 Å². The molecule has 106 valence electrons. The van der Waals surface area contributed by atoms with Gasteiger partial charge in [0.15, 0.2) is 0 Å². The third-order valence-electron chi connectivity index (χ3n) is 3.48. The first-order valence-corrected chi connectivity index (χ1v) is 7.37. The Labute approximate surface area is 119 Å². The first-order valence-electron chi connectivity index (χ1n) is 6.46. The van der Waals surface area contributed by atoms with E-state index >= 15 is 0 Å². The molecule has 1 aliphatic carbocycles. The van der Waals surface area contributed by atoms with Crippen LogP contribution in [0.2, 0.25) is 0 Å². The molecule has 0 saturated heterocycles. The summed E-state index contributed by atoms with van der Waals surface area (Å²) < 4.78 is 41.5. The third kappa shape index (κ3) is 4.13. The van der Waals surface area contributed by atoms with Crippen molar-refractivity contribution in [3.05, 3.63) is 29.8 Å². The van der Waals surface area contributed by atoms with Gasteiger partial charge in [-0.2, -0.15) is 0 Å². The zero-order chi connectivity index (χ0) is 13.9.